The third kappa shape index (κ3) is 4.17. The monoisotopic (exact) mass is 316 g/mol. The number of rotatable bonds is 6. The molecular weight excluding hydrogens is 292 g/mol. The second-order valence-electron chi connectivity index (χ2n) is 5.78. The summed E-state index contributed by atoms with van der Waals surface area (Å²) < 4.78 is 5.46. The van der Waals surface area contributed by atoms with Gasteiger partial charge < -0.3 is 10.1 Å². The number of nitrogens with zero attached hydrogens (tertiary/aromatic N) is 1. The van der Waals surface area contributed by atoms with Gasteiger partial charge in [0.2, 0.25) is 0 Å². The Morgan fingerprint density at radius 2 is 1.95 bits per heavy atom. The number of hydrogen-bond donors (Lipinski definition) is 1. The lowest BCUT2D eigenvalue weighted by Crippen LogP contribution is -2.41. The van der Waals surface area contributed by atoms with Crippen LogP contribution >= 0.6 is 11.3 Å². The van der Waals surface area contributed by atoms with Gasteiger partial charge in [0.15, 0.2) is 0 Å². The van der Waals surface area contributed by atoms with Gasteiger partial charge in [0.05, 0.1) is 13.2 Å². The molecule has 1 aromatic heterocycles. The van der Waals surface area contributed by atoms with Crippen LogP contribution < -0.4 is 5.32 Å². The van der Waals surface area contributed by atoms with Crippen LogP contribution in [-0.2, 0) is 11.3 Å². The zero-order valence-electron chi connectivity index (χ0n) is 13.1. The van der Waals surface area contributed by atoms with Crippen LogP contribution in [0, 0.1) is 6.92 Å². The van der Waals surface area contributed by atoms with Crippen molar-refractivity contribution in [2.24, 2.45) is 0 Å². The van der Waals surface area contributed by atoms with Crippen LogP contribution in [0.1, 0.15) is 22.0 Å². The van der Waals surface area contributed by atoms with Crippen molar-refractivity contribution >= 4 is 11.3 Å². The van der Waals surface area contributed by atoms with E-state index in [9.17, 15) is 0 Å². The van der Waals surface area contributed by atoms with Crippen LogP contribution in [0.4, 0.5) is 0 Å². The summed E-state index contributed by atoms with van der Waals surface area (Å²) in [5.74, 6) is 0. The Bertz CT molecular complexity index is 563. The fourth-order valence-corrected chi connectivity index (χ4v) is 3.67. The maximum Gasteiger partial charge on any atom is 0.0594 e. The minimum atomic E-state index is 0.362. The number of morpholine rings is 1. The van der Waals surface area contributed by atoms with Gasteiger partial charge in [-0.1, -0.05) is 30.3 Å². The standard InChI is InChI=1S/C18H24N2OS/c1-15-7-12-22-18(15)13-19-17(16-5-3-2-4-6-16)14-20-8-10-21-11-9-20/h2-7,12,17,19H,8-11,13-14H2,1H3. The third-order valence-corrected chi connectivity index (χ3v) is 5.25. The number of benzene rings is 1. The SMILES string of the molecule is Cc1ccsc1CNC(CN1CCOCC1)c1ccccc1. The second-order valence-corrected chi connectivity index (χ2v) is 6.78. The van der Waals surface area contributed by atoms with Crippen molar-refractivity contribution in [2.45, 2.75) is 19.5 Å². The fraction of sp³-hybridized carbons (Fsp3) is 0.444. The van der Waals surface area contributed by atoms with Gasteiger partial charge in [0.25, 0.3) is 0 Å². The molecule has 1 aliphatic rings. The molecule has 2 aromatic rings. The molecule has 1 aromatic carbocycles. The van der Waals surface area contributed by atoms with E-state index in [0.29, 0.717) is 6.04 Å². The number of hydrogen-bond acceptors (Lipinski definition) is 4. The van der Waals surface area contributed by atoms with Crippen molar-refractivity contribution < 1.29 is 4.74 Å². The van der Waals surface area contributed by atoms with Crippen molar-refractivity contribution in [1.29, 1.82) is 0 Å². The Kier molecular flexibility index (Phi) is 5.62. The quantitative estimate of drug-likeness (QED) is 0.885. The van der Waals surface area contributed by atoms with Crippen molar-refractivity contribution in [1.82, 2.24) is 10.2 Å². The normalized spacial score (nSPS) is 17.5. The molecule has 4 heteroatoms. The van der Waals surface area contributed by atoms with E-state index in [4.69, 9.17) is 4.74 Å². The molecule has 3 nitrogen and oxygen atoms in total. The first-order valence-corrected chi connectivity index (χ1v) is 8.82. The Hall–Kier alpha value is -1.20. The van der Waals surface area contributed by atoms with Gasteiger partial charge >= 0.3 is 0 Å². The van der Waals surface area contributed by atoms with Crippen LogP contribution in [-0.4, -0.2) is 37.7 Å². The number of ether oxygens (including phenoxy) is 1. The highest BCUT2D eigenvalue weighted by Gasteiger charge is 2.18. The smallest absolute Gasteiger partial charge is 0.0594 e. The van der Waals surface area contributed by atoms with Crippen molar-refractivity contribution in [3.05, 3.63) is 57.8 Å². The van der Waals surface area contributed by atoms with Crippen LogP contribution in [0.2, 0.25) is 0 Å². The van der Waals surface area contributed by atoms with Crippen molar-refractivity contribution in [2.75, 3.05) is 32.8 Å². The second kappa shape index (κ2) is 7.88. The summed E-state index contributed by atoms with van der Waals surface area (Å²) in [6.07, 6.45) is 0. The van der Waals surface area contributed by atoms with Crippen molar-refractivity contribution in [3.63, 3.8) is 0 Å². The summed E-state index contributed by atoms with van der Waals surface area (Å²) in [5, 5.41) is 5.93. The van der Waals surface area contributed by atoms with E-state index in [-0.39, 0.29) is 0 Å². The molecule has 1 fully saturated rings. The lowest BCUT2D eigenvalue weighted by molar-refractivity contribution is 0.0333. The minimum absolute atomic E-state index is 0.362. The third-order valence-electron chi connectivity index (χ3n) is 4.22. The van der Waals surface area contributed by atoms with E-state index in [1.54, 1.807) is 0 Å². The number of thiophene rings is 1. The molecule has 0 saturated carbocycles. The molecule has 1 aliphatic heterocycles. The Balaban J connectivity index is 1.67. The van der Waals surface area contributed by atoms with Crippen LogP contribution in [0.25, 0.3) is 0 Å². The molecule has 0 aliphatic carbocycles. The Morgan fingerprint density at radius 3 is 2.64 bits per heavy atom. The highest BCUT2D eigenvalue weighted by atomic mass is 32.1. The molecule has 1 unspecified atom stereocenters. The van der Waals surface area contributed by atoms with E-state index in [2.05, 4.69) is 58.9 Å². The van der Waals surface area contributed by atoms with Gasteiger partial charge in [-0.25, -0.2) is 0 Å². The van der Waals surface area contributed by atoms with Gasteiger partial charge in [-0.2, -0.15) is 0 Å². The molecule has 1 saturated heterocycles. The average Bonchev–Trinajstić information content (AvgIpc) is 2.98. The molecule has 22 heavy (non-hydrogen) atoms. The van der Waals surface area contributed by atoms with Crippen LogP contribution in [0.15, 0.2) is 41.8 Å². The van der Waals surface area contributed by atoms with Gasteiger partial charge in [-0.05, 0) is 29.5 Å². The fourth-order valence-electron chi connectivity index (χ4n) is 2.82. The molecule has 0 amide bonds. The summed E-state index contributed by atoms with van der Waals surface area (Å²) in [4.78, 5) is 3.93. The maximum atomic E-state index is 5.46. The largest absolute Gasteiger partial charge is 0.379 e. The number of nitrogens with one attached hydrogen (secondary N) is 1. The Labute approximate surface area is 136 Å². The molecule has 2 heterocycles. The summed E-state index contributed by atoms with van der Waals surface area (Å²) >= 11 is 1.84. The molecule has 0 radical (unpaired) electrons. The molecule has 3 rings (SSSR count). The van der Waals surface area contributed by atoms with Crippen LogP contribution in [0.5, 0.6) is 0 Å². The molecule has 1 N–H and O–H groups in total. The summed E-state index contributed by atoms with van der Waals surface area (Å²) in [6.45, 7) is 7.93. The summed E-state index contributed by atoms with van der Waals surface area (Å²) in [7, 11) is 0. The highest BCUT2D eigenvalue weighted by Crippen LogP contribution is 2.19. The minimum Gasteiger partial charge on any atom is -0.379 e. The average molecular weight is 316 g/mol. The maximum absolute atomic E-state index is 5.46. The lowest BCUT2D eigenvalue weighted by atomic mass is 10.1. The van der Waals surface area contributed by atoms with E-state index in [1.165, 1.54) is 16.0 Å². The van der Waals surface area contributed by atoms with E-state index in [0.717, 1.165) is 39.4 Å². The topological polar surface area (TPSA) is 24.5 Å². The molecule has 0 spiro atoms. The van der Waals surface area contributed by atoms with E-state index < -0.39 is 0 Å². The summed E-state index contributed by atoms with van der Waals surface area (Å²) in [5.41, 5.74) is 2.75. The Morgan fingerprint density at radius 1 is 1.18 bits per heavy atom. The zero-order valence-corrected chi connectivity index (χ0v) is 13.9. The van der Waals surface area contributed by atoms with Crippen LogP contribution in [0.3, 0.4) is 0 Å². The number of aryl methyl sites for hydroxylation is 1. The molecular formula is C18H24N2OS. The van der Waals surface area contributed by atoms with E-state index in [1.807, 2.05) is 11.3 Å². The predicted octanol–water partition coefficient (Wildman–Crippen LogP) is 3.22. The highest BCUT2D eigenvalue weighted by molar-refractivity contribution is 7.10. The molecule has 118 valence electrons. The van der Waals surface area contributed by atoms with Gasteiger partial charge in [0.1, 0.15) is 0 Å². The summed E-state index contributed by atoms with van der Waals surface area (Å²) in [6, 6.07) is 13.3. The first kappa shape index (κ1) is 15.7. The first-order valence-electron chi connectivity index (χ1n) is 7.94. The molecule has 0 bridgehead atoms. The molecule has 1 atom stereocenters. The first-order chi connectivity index (χ1) is 10.8. The van der Waals surface area contributed by atoms with Gasteiger partial charge in [-0.3, -0.25) is 4.90 Å². The zero-order chi connectivity index (χ0) is 15.2. The lowest BCUT2D eigenvalue weighted by Gasteiger charge is -2.31. The van der Waals surface area contributed by atoms with E-state index >= 15 is 0 Å². The van der Waals surface area contributed by atoms with Crippen molar-refractivity contribution in [3.8, 4) is 0 Å². The van der Waals surface area contributed by atoms with Gasteiger partial charge in [0, 0.05) is 37.1 Å². The van der Waals surface area contributed by atoms with Gasteiger partial charge in [-0.15, -0.1) is 11.3 Å². The predicted molar refractivity (Wildman–Crippen MR) is 92.3 cm³/mol.